The minimum absolute atomic E-state index is 0.0189. The molecule has 0 bridgehead atoms. The van der Waals surface area contributed by atoms with E-state index in [2.05, 4.69) is 11.2 Å². The molecule has 1 aliphatic heterocycles. The first-order valence-corrected chi connectivity index (χ1v) is 9.34. The van der Waals surface area contributed by atoms with E-state index in [-0.39, 0.29) is 25.0 Å². The number of carbonyl (C=O) groups excluding carboxylic acids is 1. The van der Waals surface area contributed by atoms with Gasteiger partial charge in [0.05, 0.1) is 18.4 Å². The summed E-state index contributed by atoms with van der Waals surface area (Å²) in [5, 5.41) is 13.9. The van der Waals surface area contributed by atoms with Crippen LogP contribution in [0.25, 0.3) is 11.3 Å². The number of carbonyl (C=O) groups is 1. The first-order chi connectivity index (χ1) is 14.1. The predicted octanol–water partition coefficient (Wildman–Crippen LogP) is 3.91. The molecule has 1 amide bonds. The summed E-state index contributed by atoms with van der Waals surface area (Å²) in [6.45, 7) is 2.33. The second-order valence-electron chi connectivity index (χ2n) is 6.69. The van der Waals surface area contributed by atoms with Crippen LogP contribution in [0.2, 0.25) is 0 Å². The standard InChI is InChI=1S/C22H19FN4O2/c1-2-18-20(15-7-9-17(23)10-8-15)25-27(12-11-24)21(18)26-14-29-13-16-5-3-4-6-19(16)22(26)28/h3-10H,2,12-14H2,1H3. The number of nitrogens with zero attached hydrogens (tertiary/aromatic N) is 4. The van der Waals surface area contributed by atoms with Gasteiger partial charge in [0.25, 0.3) is 5.91 Å². The van der Waals surface area contributed by atoms with Crippen LogP contribution >= 0.6 is 0 Å². The van der Waals surface area contributed by atoms with Crippen molar-refractivity contribution in [2.45, 2.75) is 26.5 Å². The predicted molar refractivity (Wildman–Crippen MR) is 106 cm³/mol. The molecule has 0 saturated carbocycles. The SMILES string of the molecule is CCc1c(-c2ccc(F)cc2)nn(CC#N)c1N1COCc2ccccc2C1=O. The van der Waals surface area contributed by atoms with Crippen molar-refractivity contribution in [2.24, 2.45) is 0 Å². The molecular formula is C22H19FN4O2. The molecule has 0 atom stereocenters. The number of amides is 1. The van der Waals surface area contributed by atoms with E-state index in [0.717, 1.165) is 16.7 Å². The van der Waals surface area contributed by atoms with E-state index in [4.69, 9.17) is 4.74 Å². The van der Waals surface area contributed by atoms with Crippen LogP contribution in [0, 0.1) is 17.1 Å². The van der Waals surface area contributed by atoms with Gasteiger partial charge in [0.2, 0.25) is 0 Å². The van der Waals surface area contributed by atoms with E-state index in [1.165, 1.54) is 21.7 Å². The topological polar surface area (TPSA) is 71.2 Å². The normalized spacial score (nSPS) is 13.7. The molecule has 0 N–H and O–H groups in total. The van der Waals surface area contributed by atoms with Gasteiger partial charge in [0.15, 0.2) is 0 Å². The fraction of sp³-hybridized carbons (Fsp3) is 0.227. The van der Waals surface area contributed by atoms with Gasteiger partial charge in [-0.2, -0.15) is 10.4 Å². The zero-order valence-corrected chi connectivity index (χ0v) is 15.9. The lowest BCUT2D eigenvalue weighted by Gasteiger charge is -2.22. The maximum Gasteiger partial charge on any atom is 0.261 e. The number of anilines is 1. The highest BCUT2D eigenvalue weighted by Gasteiger charge is 2.30. The molecule has 0 unspecified atom stereocenters. The van der Waals surface area contributed by atoms with Crippen molar-refractivity contribution in [1.29, 1.82) is 5.26 Å². The number of hydrogen-bond donors (Lipinski definition) is 0. The van der Waals surface area contributed by atoms with Crippen LogP contribution in [0.15, 0.2) is 48.5 Å². The number of hydrogen-bond acceptors (Lipinski definition) is 4. The second kappa shape index (κ2) is 7.86. The van der Waals surface area contributed by atoms with Crippen molar-refractivity contribution >= 4 is 11.7 Å². The van der Waals surface area contributed by atoms with E-state index in [0.29, 0.717) is 30.1 Å². The lowest BCUT2D eigenvalue weighted by atomic mass is 10.0. The van der Waals surface area contributed by atoms with Gasteiger partial charge in [0.1, 0.15) is 24.9 Å². The molecule has 0 fully saturated rings. The fourth-order valence-electron chi connectivity index (χ4n) is 3.60. The van der Waals surface area contributed by atoms with Gasteiger partial charge in [-0.1, -0.05) is 25.1 Å². The molecule has 0 radical (unpaired) electrons. The molecule has 3 aromatic rings. The van der Waals surface area contributed by atoms with Crippen molar-refractivity contribution in [3.63, 3.8) is 0 Å². The van der Waals surface area contributed by atoms with Crippen LogP contribution in [0.4, 0.5) is 10.2 Å². The van der Waals surface area contributed by atoms with Crippen LogP contribution in [-0.4, -0.2) is 22.4 Å². The van der Waals surface area contributed by atoms with Crippen molar-refractivity contribution in [3.05, 3.63) is 71.0 Å². The third-order valence-electron chi connectivity index (χ3n) is 4.94. The molecule has 7 heteroatoms. The summed E-state index contributed by atoms with van der Waals surface area (Å²) in [5.41, 5.74) is 3.55. The molecule has 6 nitrogen and oxygen atoms in total. The monoisotopic (exact) mass is 390 g/mol. The Morgan fingerprint density at radius 2 is 1.97 bits per heavy atom. The molecule has 1 aromatic heterocycles. The fourth-order valence-corrected chi connectivity index (χ4v) is 3.60. The Labute approximate surface area is 167 Å². The lowest BCUT2D eigenvalue weighted by Crippen LogP contribution is -2.34. The Morgan fingerprint density at radius 3 is 2.69 bits per heavy atom. The third-order valence-corrected chi connectivity index (χ3v) is 4.94. The zero-order chi connectivity index (χ0) is 20.4. The average molecular weight is 390 g/mol. The van der Waals surface area contributed by atoms with Crippen LogP contribution in [0.5, 0.6) is 0 Å². The molecule has 29 heavy (non-hydrogen) atoms. The van der Waals surface area contributed by atoms with E-state index in [1.807, 2.05) is 25.1 Å². The van der Waals surface area contributed by atoms with Gasteiger partial charge in [-0.15, -0.1) is 0 Å². The van der Waals surface area contributed by atoms with Gasteiger partial charge < -0.3 is 4.74 Å². The molecular weight excluding hydrogens is 371 g/mol. The largest absolute Gasteiger partial charge is 0.356 e. The third kappa shape index (κ3) is 3.39. The van der Waals surface area contributed by atoms with E-state index in [9.17, 15) is 14.4 Å². The van der Waals surface area contributed by atoms with Crippen molar-refractivity contribution in [1.82, 2.24) is 9.78 Å². The van der Waals surface area contributed by atoms with Gasteiger partial charge >= 0.3 is 0 Å². The number of halogens is 1. The summed E-state index contributed by atoms with van der Waals surface area (Å²) in [4.78, 5) is 14.9. The Morgan fingerprint density at radius 1 is 1.21 bits per heavy atom. The molecule has 2 aromatic carbocycles. The van der Waals surface area contributed by atoms with Crippen molar-refractivity contribution in [2.75, 3.05) is 11.6 Å². The molecule has 146 valence electrons. The lowest BCUT2D eigenvalue weighted by molar-refractivity contribution is 0.0900. The number of aromatic nitrogens is 2. The first-order valence-electron chi connectivity index (χ1n) is 9.34. The number of rotatable bonds is 4. The highest BCUT2D eigenvalue weighted by molar-refractivity contribution is 6.07. The molecule has 0 aliphatic carbocycles. The Hall–Kier alpha value is -3.50. The van der Waals surface area contributed by atoms with E-state index in [1.54, 1.807) is 18.2 Å². The van der Waals surface area contributed by atoms with E-state index >= 15 is 0 Å². The molecule has 0 spiro atoms. The molecule has 4 rings (SSSR count). The average Bonchev–Trinajstić information content (AvgIpc) is 3.01. The maximum absolute atomic E-state index is 13.4. The molecule has 1 aliphatic rings. The van der Waals surface area contributed by atoms with Crippen LogP contribution in [0.1, 0.15) is 28.4 Å². The highest BCUT2D eigenvalue weighted by atomic mass is 19.1. The quantitative estimate of drug-likeness (QED) is 0.677. The Kier molecular flexibility index (Phi) is 5.10. The molecule has 2 heterocycles. The summed E-state index contributed by atoms with van der Waals surface area (Å²) in [7, 11) is 0. The number of nitriles is 1. The zero-order valence-electron chi connectivity index (χ0n) is 15.9. The summed E-state index contributed by atoms with van der Waals surface area (Å²) >= 11 is 0. The summed E-state index contributed by atoms with van der Waals surface area (Å²) in [6, 6.07) is 15.5. The summed E-state index contributed by atoms with van der Waals surface area (Å²) in [6.07, 6.45) is 0.582. The summed E-state index contributed by atoms with van der Waals surface area (Å²) < 4.78 is 20.7. The summed E-state index contributed by atoms with van der Waals surface area (Å²) in [5.74, 6) is 0.00352. The minimum Gasteiger partial charge on any atom is -0.356 e. The van der Waals surface area contributed by atoms with Crippen molar-refractivity contribution in [3.8, 4) is 17.3 Å². The van der Waals surface area contributed by atoms with E-state index < -0.39 is 0 Å². The first kappa shape index (κ1) is 18.8. The minimum atomic E-state index is -0.337. The smallest absolute Gasteiger partial charge is 0.261 e. The van der Waals surface area contributed by atoms with Crippen LogP contribution in [0.3, 0.4) is 0 Å². The maximum atomic E-state index is 13.4. The van der Waals surface area contributed by atoms with Gasteiger partial charge in [0, 0.05) is 16.7 Å². The van der Waals surface area contributed by atoms with Crippen molar-refractivity contribution < 1.29 is 13.9 Å². The second-order valence-corrected chi connectivity index (χ2v) is 6.69. The van der Waals surface area contributed by atoms with Crippen LogP contribution < -0.4 is 4.90 Å². The Bertz CT molecular complexity index is 1100. The van der Waals surface area contributed by atoms with Crippen LogP contribution in [-0.2, 0) is 24.3 Å². The molecule has 0 saturated heterocycles. The number of benzene rings is 2. The Balaban J connectivity index is 1.87. The highest BCUT2D eigenvalue weighted by Crippen LogP contribution is 2.34. The van der Waals surface area contributed by atoms with Gasteiger partial charge in [-0.05, 0) is 42.3 Å². The van der Waals surface area contributed by atoms with Gasteiger partial charge in [-0.25, -0.2) is 9.07 Å². The number of ether oxygens (including phenoxy) is 1. The van der Waals surface area contributed by atoms with Gasteiger partial charge in [-0.3, -0.25) is 9.69 Å². The number of fused-ring (bicyclic) bond motifs is 1.